The molecular weight excluding hydrogens is 274 g/mol. The molecule has 1 aromatic heterocycles. The molecule has 6 heteroatoms. The van der Waals surface area contributed by atoms with Gasteiger partial charge in [0.2, 0.25) is 0 Å². The van der Waals surface area contributed by atoms with Crippen molar-refractivity contribution < 1.29 is 8.42 Å². The van der Waals surface area contributed by atoms with Crippen LogP contribution in [0.25, 0.3) is 11.0 Å². The van der Waals surface area contributed by atoms with Gasteiger partial charge in [-0.1, -0.05) is 6.42 Å². The van der Waals surface area contributed by atoms with Gasteiger partial charge in [-0.05, 0) is 31.0 Å². The normalized spacial score (nSPS) is 21.7. The number of nitriles is 1. The molecule has 1 atom stereocenters. The van der Waals surface area contributed by atoms with Gasteiger partial charge < -0.3 is 4.57 Å². The summed E-state index contributed by atoms with van der Waals surface area (Å²) in [5.41, 5.74) is 2.08. The summed E-state index contributed by atoms with van der Waals surface area (Å²) in [5.74, 6) is 0.833. The Hall–Kier alpha value is -1.87. The van der Waals surface area contributed by atoms with Crippen molar-refractivity contribution >= 4 is 20.9 Å². The standard InChI is InChI=1S/C14H15N3O2S/c1-17-12-6-5-10(9-15)8-11(12)16-14(17)13-4-2-3-7-20(13,18)19/h5-6,8,13H,2-4,7H2,1H3. The molecule has 0 spiro atoms. The van der Waals surface area contributed by atoms with E-state index in [1.54, 1.807) is 12.1 Å². The number of fused-ring (bicyclic) bond motifs is 1. The van der Waals surface area contributed by atoms with Gasteiger partial charge in [0.25, 0.3) is 0 Å². The average molecular weight is 289 g/mol. The molecule has 3 rings (SSSR count). The van der Waals surface area contributed by atoms with Crippen molar-refractivity contribution in [3.63, 3.8) is 0 Å². The topological polar surface area (TPSA) is 75.8 Å². The molecule has 1 aliphatic rings. The summed E-state index contributed by atoms with van der Waals surface area (Å²) in [4.78, 5) is 4.47. The minimum atomic E-state index is -3.11. The number of hydrogen-bond donors (Lipinski definition) is 0. The number of benzene rings is 1. The number of sulfone groups is 1. The highest BCUT2D eigenvalue weighted by Gasteiger charge is 2.33. The number of hydrogen-bond acceptors (Lipinski definition) is 4. The smallest absolute Gasteiger partial charge is 0.160 e. The summed E-state index contributed by atoms with van der Waals surface area (Å²) in [6.45, 7) is 0. The van der Waals surface area contributed by atoms with Gasteiger partial charge >= 0.3 is 0 Å². The maximum Gasteiger partial charge on any atom is 0.160 e. The summed E-state index contributed by atoms with van der Waals surface area (Å²) in [5, 5.41) is 8.41. The van der Waals surface area contributed by atoms with Gasteiger partial charge in [0.05, 0.1) is 28.4 Å². The van der Waals surface area contributed by atoms with E-state index in [1.807, 2.05) is 17.7 Å². The van der Waals surface area contributed by atoms with Crippen LogP contribution in [0.1, 0.15) is 35.9 Å². The molecule has 1 aromatic carbocycles. The van der Waals surface area contributed by atoms with E-state index in [2.05, 4.69) is 11.1 Å². The van der Waals surface area contributed by atoms with Crippen molar-refractivity contribution in [2.24, 2.45) is 7.05 Å². The molecule has 0 bridgehead atoms. The molecular formula is C14H15N3O2S. The fourth-order valence-electron chi connectivity index (χ4n) is 2.82. The van der Waals surface area contributed by atoms with Crippen LogP contribution in [0.5, 0.6) is 0 Å². The highest BCUT2D eigenvalue weighted by atomic mass is 32.2. The summed E-state index contributed by atoms with van der Waals surface area (Å²) >= 11 is 0. The van der Waals surface area contributed by atoms with Crippen LogP contribution < -0.4 is 0 Å². The average Bonchev–Trinajstić information content (AvgIpc) is 2.75. The van der Waals surface area contributed by atoms with Crippen LogP contribution in [0.4, 0.5) is 0 Å². The fourth-order valence-corrected chi connectivity index (χ4v) is 4.77. The van der Waals surface area contributed by atoms with Crippen molar-refractivity contribution in [3.05, 3.63) is 29.6 Å². The van der Waals surface area contributed by atoms with Crippen LogP contribution in [-0.4, -0.2) is 23.7 Å². The second-order valence-corrected chi connectivity index (χ2v) is 7.50. The molecule has 0 radical (unpaired) electrons. The van der Waals surface area contributed by atoms with E-state index in [0.29, 0.717) is 23.3 Å². The van der Waals surface area contributed by atoms with E-state index in [4.69, 9.17) is 5.26 Å². The Bertz CT molecular complexity index is 815. The molecule has 0 amide bonds. The minimum Gasteiger partial charge on any atom is -0.330 e. The van der Waals surface area contributed by atoms with Crippen molar-refractivity contribution in [2.75, 3.05) is 5.75 Å². The Morgan fingerprint density at radius 1 is 1.40 bits per heavy atom. The maximum atomic E-state index is 12.2. The van der Waals surface area contributed by atoms with Gasteiger partial charge in [-0.25, -0.2) is 13.4 Å². The first-order chi connectivity index (χ1) is 9.53. The lowest BCUT2D eigenvalue weighted by Gasteiger charge is -2.21. The number of imidazole rings is 1. The molecule has 2 heterocycles. The lowest BCUT2D eigenvalue weighted by atomic mass is 10.2. The highest BCUT2D eigenvalue weighted by molar-refractivity contribution is 7.91. The highest BCUT2D eigenvalue weighted by Crippen LogP contribution is 2.34. The zero-order valence-corrected chi connectivity index (χ0v) is 12.0. The zero-order valence-electron chi connectivity index (χ0n) is 11.2. The molecule has 2 aromatic rings. The molecule has 1 aliphatic heterocycles. The second-order valence-electron chi connectivity index (χ2n) is 5.20. The van der Waals surface area contributed by atoms with Gasteiger partial charge in [0, 0.05) is 7.05 Å². The van der Waals surface area contributed by atoms with Crippen LogP contribution in [0.15, 0.2) is 18.2 Å². The van der Waals surface area contributed by atoms with Gasteiger partial charge in [-0.2, -0.15) is 5.26 Å². The van der Waals surface area contributed by atoms with E-state index in [1.165, 1.54) is 0 Å². The largest absolute Gasteiger partial charge is 0.330 e. The van der Waals surface area contributed by atoms with Gasteiger partial charge in [-0.3, -0.25) is 0 Å². The Balaban J connectivity index is 2.17. The Morgan fingerprint density at radius 2 is 2.20 bits per heavy atom. The number of nitrogens with zero attached hydrogens (tertiary/aromatic N) is 3. The third kappa shape index (κ3) is 1.98. The van der Waals surface area contributed by atoms with E-state index in [0.717, 1.165) is 18.4 Å². The van der Waals surface area contributed by atoms with Crippen molar-refractivity contribution in [2.45, 2.75) is 24.5 Å². The van der Waals surface area contributed by atoms with E-state index >= 15 is 0 Å². The summed E-state index contributed by atoms with van der Waals surface area (Å²) < 4.78 is 26.3. The van der Waals surface area contributed by atoms with Gasteiger partial charge in [-0.15, -0.1) is 0 Å². The molecule has 1 fully saturated rings. The minimum absolute atomic E-state index is 0.240. The molecule has 1 saturated heterocycles. The van der Waals surface area contributed by atoms with Crippen molar-refractivity contribution in [1.82, 2.24) is 9.55 Å². The molecule has 1 unspecified atom stereocenters. The summed E-state index contributed by atoms with van der Waals surface area (Å²) in [7, 11) is -1.28. The van der Waals surface area contributed by atoms with E-state index in [9.17, 15) is 8.42 Å². The van der Waals surface area contributed by atoms with Crippen LogP contribution in [0.2, 0.25) is 0 Å². The quantitative estimate of drug-likeness (QED) is 0.805. The van der Waals surface area contributed by atoms with E-state index < -0.39 is 15.1 Å². The Labute approximate surface area is 117 Å². The zero-order chi connectivity index (χ0) is 14.3. The number of aromatic nitrogens is 2. The third-order valence-electron chi connectivity index (χ3n) is 3.91. The molecule has 104 valence electrons. The first-order valence-corrected chi connectivity index (χ1v) is 8.32. The predicted molar refractivity (Wildman–Crippen MR) is 75.8 cm³/mol. The van der Waals surface area contributed by atoms with Crippen molar-refractivity contribution in [3.8, 4) is 6.07 Å². The lowest BCUT2D eigenvalue weighted by molar-refractivity contribution is 0.534. The van der Waals surface area contributed by atoms with Crippen LogP contribution in [0, 0.1) is 11.3 Å². The predicted octanol–water partition coefficient (Wildman–Crippen LogP) is 2.08. The molecule has 5 nitrogen and oxygen atoms in total. The van der Waals surface area contributed by atoms with Crippen LogP contribution in [-0.2, 0) is 16.9 Å². The molecule has 0 aliphatic carbocycles. The monoisotopic (exact) mass is 289 g/mol. The Morgan fingerprint density at radius 3 is 2.90 bits per heavy atom. The van der Waals surface area contributed by atoms with Gasteiger partial charge in [0.1, 0.15) is 11.1 Å². The molecule has 20 heavy (non-hydrogen) atoms. The second kappa shape index (κ2) is 4.60. The SMILES string of the molecule is Cn1c(C2CCCCS2(=O)=O)nc2cc(C#N)ccc21. The van der Waals surface area contributed by atoms with E-state index in [-0.39, 0.29) is 5.75 Å². The van der Waals surface area contributed by atoms with Crippen LogP contribution >= 0.6 is 0 Å². The van der Waals surface area contributed by atoms with Crippen molar-refractivity contribution in [1.29, 1.82) is 5.26 Å². The third-order valence-corrected chi connectivity index (χ3v) is 6.08. The Kier molecular flexibility index (Phi) is 3.02. The number of aryl methyl sites for hydroxylation is 1. The van der Waals surface area contributed by atoms with Crippen LogP contribution in [0.3, 0.4) is 0 Å². The first-order valence-electron chi connectivity index (χ1n) is 6.61. The first kappa shape index (κ1) is 13.1. The lowest BCUT2D eigenvalue weighted by Crippen LogP contribution is -2.24. The maximum absolute atomic E-state index is 12.2. The number of rotatable bonds is 1. The summed E-state index contributed by atoms with van der Waals surface area (Å²) in [6.07, 6.45) is 2.28. The summed E-state index contributed by atoms with van der Waals surface area (Å²) in [6, 6.07) is 7.32. The molecule has 0 N–H and O–H groups in total. The molecule has 0 saturated carbocycles. The fraction of sp³-hybridized carbons (Fsp3) is 0.429. The van der Waals surface area contributed by atoms with Gasteiger partial charge in [0.15, 0.2) is 9.84 Å².